The predicted molar refractivity (Wildman–Crippen MR) is 97.9 cm³/mol. The molecule has 0 atom stereocenters. The largest absolute Gasteiger partial charge is 0.508 e. The van der Waals surface area contributed by atoms with Crippen LogP contribution in [0.25, 0.3) is 10.9 Å². The number of aryl methyl sites for hydroxylation is 2. The average Bonchev–Trinajstić information content (AvgIpc) is 2.83. The van der Waals surface area contributed by atoms with E-state index in [0.29, 0.717) is 12.1 Å². The van der Waals surface area contributed by atoms with E-state index in [2.05, 4.69) is 10.6 Å². The minimum atomic E-state index is -0.104. The highest BCUT2D eigenvalue weighted by Gasteiger charge is 2.23. The summed E-state index contributed by atoms with van der Waals surface area (Å²) in [7, 11) is 2.01. The molecule has 1 amide bonds. The van der Waals surface area contributed by atoms with E-state index in [1.807, 2.05) is 46.0 Å². The Hall–Kier alpha value is -2.75. The van der Waals surface area contributed by atoms with Crippen LogP contribution in [0.2, 0.25) is 0 Å². The first-order valence-corrected chi connectivity index (χ1v) is 8.11. The number of para-hydroxylation sites is 1. The lowest BCUT2D eigenvalue weighted by Gasteiger charge is -2.22. The molecule has 2 aromatic carbocycles. The molecule has 0 saturated carbocycles. The van der Waals surface area contributed by atoms with Crippen LogP contribution in [-0.2, 0) is 7.05 Å². The minimum absolute atomic E-state index is 0.104. The number of phenolic OH excluding ortho intramolecular Hbond substituents is 1. The van der Waals surface area contributed by atoms with Gasteiger partial charge in [0.1, 0.15) is 5.75 Å². The fourth-order valence-corrected chi connectivity index (χ4v) is 3.14. The van der Waals surface area contributed by atoms with Crippen LogP contribution in [0.15, 0.2) is 42.5 Å². The number of benzene rings is 2. The number of aromatic hydroxyl groups is 1. The monoisotopic (exact) mass is 322 g/mol. The molecule has 1 N–H and O–H groups in total. The van der Waals surface area contributed by atoms with Crippen LogP contribution >= 0.6 is 0 Å². The highest BCUT2D eigenvalue weighted by atomic mass is 16.3. The van der Waals surface area contributed by atoms with Gasteiger partial charge in [-0.05, 0) is 44.5 Å². The molecule has 3 rings (SSSR count). The number of phenols is 1. The molecule has 0 aliphatic rings. The third-order valence-corrected chi connectivity index (χ3v) is 4.65. The van der Waals surface area contributed by atoms with E-state index >= 15 is 0 Å². The number of rotatable bonds is 3. The first-order chi connectivity index (χ1) is 11.5. The molecule has 4 heteroatoms. The second-order valence-electron chi connectivity index (χ2n) is 6.06. The number of carbonyl (C=O) groups excluding carboxylic acids is 1. The maximum absolute atomic E-state index is 13.1. The molecular formula is C20H22N2O2. The van der Waals surface area contributed by atoms with E-state index in [0.717, 1.165) is 27.8 Å². The Labute approximate surface area is 141 Å². The summed E-state index contributed by atoms with van der Waals surface area (Å²) in [5.74, 6) is 0.0406. The molecule has 1 aromatic heterocycles. The number of anilines is 1. The van der Waals surface area contributed by atoms with Crippen molar-refractivity contribution in [1.29, 1.82) is 0 Å². The lowest BCUT2D eigenvalue weighted by Crippen LogP contribution is -2.31. The highest BCUT2D eigenvalue weighted by Crippen LogP contribution is 2.34. The summed E-state index contributed by atoms with van der Waals surface area (Å²) in [6.07, 6.45) is 0. The van der Waals surface area contributed by atoms with E-state index in [1.165, 1.54) is 0 Å². The van der Waals surface area contributed by atoms with Crippen molar-refractivity contribution in [2.24, 2.45) is 7.05 Å². The van der Waals surface area contributed by atoms with Crippen LogP contribution in [0.3, 0.4) is 0 Å². The molecule has 0 aliphatic carbocycles. The van der Waals surface area contributed by atoms with Gasteiger partial charge in [0.2, 0.25) is 0 Å². The van der Waals surface area contributed by atoms with Crippen molar-refractivity contribution < 1.29 is 9.90 Å². The Morgan fingerprint density at radius 2 is 1.88 bits per heavy atom. The van der Waals surface area contributed by atoms with Crippen molar-refractivity contribution >= 4 is 22.5 Å². The van der Waals surface area contributed by atoms with Gasteiger partial charge in [0, 0.05) is 30.2 Å². The summed E-state index contributed by atoms with van der Waals surface area (Å²) < 4.78 is 2.10. The zero-order valence-electron chi connectivity index (χ0n) is 14.5. The molecular weight excluding hydrogens is 300 g/mol. The third-order valence-electron chi connectivity index (χ3n) is 4.65. The lowest BCUT2D eigenvalue weighted by atomic mass is 10.1. The Bertz CT molecular complexity index is 925. The summed E-state index contributed by atoms with van der Waals surface area (Å²) in [5.41, 5.74) is 4.33. The minimum Gasteiger partial charge on any atom is -0.508 e. The smallest absolute Gasteiger partial charge is 0.258 e. The quantitative estimate of drug-likeness (QED) is 0.786. The Morgan fingerprint density at radius 1 is 1.17 bits per heavy atom. The van der Waals surface area contributed by atoms with Crippen molar-refractivity contribution in [3.05, 3.63) is 59.3 Å². The van der Waals surface area contributed by atoms with Gasteiger partial charge in [-0.3, -0.25) is 4.79 Å². The van der Waals surface area contributed by atoms with Gasteiger partial charge in [-0.25, -0.2) is 0 Å². The topological polar surface area (TPSA) is 45.5 Å². The number of carbonyl (C=O) groups is 1. The van der Waals surface area contributed by atoms with E-state index in [-0.39, 0.29) is 11.7 Å². The van der Waals surface area contributed by atoms with Crippen LogP contribution in [0.5, 0.6) is 5.75 Å². The molecule has 4 nitrogen and oxygen atoms in total. The van der Waals surface area contributed by atoms with Crippen LogP contribution in [0, 0.1) is 13.8 Å². The van der Waals surface area contributed by atoms with Gasteiger partial charge in [-0.1, -0.05) is 24.3 Å². The fraction of sp³-hybridized carbons (Fsp3) is 0.250. The number of aromatic nitrogens is 1. The molecule has 0 spiro atoms. The summed E-state index contributed by atoms with van der Waals surface area (Å²) in [4.78, 5) is 14.8. The zero-order chi connectivity index (χ0) is 17.4. The van der Waals surface area contributed by atoms with Crippen LogP contribution in [0.1, 0.15) is 28.5 Å². The molecule has 0 fully saturated rings. The van der Waals surface area contributed by atoms with Crippen molar-refractivity contribution in [2.75, 3.05) is 11.4 Å². The molecule has 1 heterocycles. The zero-order valence-corrected chi connectivity index (χ0v) is 14.5. The summed E-state index contributed by atoms with van der Waals surface area (Å²) in [6, 6.07) is 13.2. The number of fused-ring (bicyclic) bond motifs is 1. The van der Waals surface area contributed by atoms with Crippen LogP contribution in [0.4, 0.5) is 5.69 Å². The molecule has 3 aromatic rings. The predicted octanol–water partition coefficient (Wildman–Crippen LogP) is 4.17. The molecule has 124 valence electrons. The lowest BCUT2D eigenvalue weighted by molar-refractivity contribution is 0.0988. The van der Waals surface area contributed by atoms with Crippen LogP contribution in [-0.4, -0.2) is 22.1 Å². The third kappa shape index (κ3) is 2.44. The molecule has 0 radical (unpaired) electrons. The summed E-state index contributed by atoms with van der Waals surface area (Å²) >= 11 is 0. The van der Waals surface area contributed by atoms with E-state index in [9.17, 15) is 9.90 Å². The summed E-state index contributed by atoms with van der Waals surface area (Å²) in [6.45, 7) is 6.36. The average molecular weight is 322 g/mol. The maximum Gasteiger partial charge on any atom is 0.258 e. The fourth-order valence-electron chi connectivity index (χ4n) is 3.14. The number of amides is 1. The van der Waals surface area contributed by atoms with Gasteiger partial charge in [-0.15, -0.1) is 0 Å². The SMILES string of the molecule is CCN(C(=O)c1ccc(C)c(O)c1)c1c(C)n(C)c2ccccc12. The van der Waals surface area contributed by atoms with Crippen molar-refractivity contribution in [3.8, 4) is 5.75 Å². The molecule has 24 heavy (non-hydrogen) atoms. The molecule has 0 aliphatic heterocycles. The van der Waals surface area contributed by atoms with Gasteiger partial charge in [-0.2, -0.15) is 0 Å². The van der Waals surface area contributed by atoms with Crippen LogP contribution < -0.4 is 4.90 Å². The second-order valence-corrected chi connectivity index (χ2v) is 6.06. The first kappa shape index (κ1) is 16.1. The van der Waals surface area contributed by atoms with Gasteiger partial charge in [0.15, 0.2) is 0 Å². The molecule has 0 saturated heterocycles. The number of hydrogen-bond acceptors (Lipinski definition) is 2. The Morgan fingerprint density at radius 3 is 2.54 bits per heavy atom. The van der Waals surface area contributed by atoms with E-state index in [4.69, 9.17) is 0 Å². The second kappa shape index (κ2) is 6.04. The van der Waals surface area contributed by atoms with Crippen molar-refractivity contribution in [2.45, 2.75) is 20.8 Å². The maximum atomic E-state index is 13.1. The Kier molecular flexibility index (Phi) is 4.06. The van der Waals surface area contributed by atoms with Gasteiger partial charge < -0.3 is 14.6 Å². The van der Waals surface area contributed by atoms with E-state index in [1.54, 1.807) is 23.1 Å². The number of nitrogens with zero attached hydrogens (tertiary/aromatic N) is 2. The standard InChI is InChI=1S/C20H22N2O2/c1-5-22(20(24)15-11-10-13(2)18(23)12-15)19-14(3)21(4)17-9-7-6-8-16(17)19/h6-12,23H,5H2,1-4H3. The number of hydrogen-bond donors (Lipinski definition) is 1. The summed E-state index contributed by atoms with van der Waals surface area (Å²) in [5, 5.41) is 11.0. The highest BCUT2D eigenvalue weighted by molar-refractivity contribution is 6.11. The normalized spacial score (nSPS) is 11.0. The van der Waals surface area contributed by atoms with E-state index < -0.39 is 0 Å². The van der Waals surface area contributed by atoms with Gasteiger partial charge >= 0.3 is 0 Å². The van der Waals surface area contributed by atoms with Crippen molar-refractivity contribution in [3.63, 3.8) is 0 Å². The molecule has 0 bridgehead atoms. The first-order valence-electron chi connectivity index (χ1n) is 8.11. The van der Waals surface area contributed by atoms with Crippen molar-refractivity contribution in [1.82, 2.24) is 4.57 Å². The Balaban J connectivity index is 2.14. The van der Waals surface area contributed by atoms with Gasteiger partial charge in [0.25, 0.3) is 5.91 Å². The molecule has 0 unspecified atom stereocenters. The van der Waals surface area contributed by atoms with Gasteiger partial charge in [0.05, 0.1) is 11.2 Å².